The monoisotopic (exact) mass is 269 g/mol. The number of carbonyl (C=O) groups is 2. The molecule has 2 rings (SSSR count). The van der Waals surface area contributed by atoms with E-state index in [1.54, 1.807) is 0 Å². The van der Waals surface area contributed by atoms with Gasteiger partial charge in [0.2, 0.25) is 11.8 Å². The zero-order valence-corrected chi connectivity index (χ0v) is 11.5. The number of carbonyl (C=O) groups excluding carboxylic acids is 2. The highest BCUT2D eigenvalue weighted by Crippen LogP contribution is 2.14. The Kier molecular flexibility index (Phi) is 4.63. The van der Waals surface area contributed by atoms with Gasteiger partial charge in [-0.05, 0) is 26.2 Å². The topological polar surface area (TPSA) is 61.8 Å². The van der Waals surface area contributed by atoms with E-state index in [9.17, 15) is 9.59 Å². The minimum absolute atomic E-state index is 0.00887. The highest BCUT2D eigenvalue weighted by atomic mass is 32.2. The van der Waals surface area contributed by atoms with E-state index in [1.165, 1.54) is 18.2 Å². The molecule has 0 aromatic heterocycles. The number of likely N-dealkylation sites (tertiary alicyclic amines) is 1. The van der Waals surface area contributed by atoms with Gasteiger partial charge in [-0.15, -0.1) is 0 Å². The molecule has 1 fully saturated rings. The highest BCUT2D eigenvalue weighted by molar-refractivity contribution is 8.14. The van der Waals surface area contributed by atoms with Crippen molar-refractivity contribution in [3.05, 3.63) is 0 Å². The summed E-state index contributed by atoms with van der Waals surface area (Å²) in [7, 11) is 0. The zero-order valence-electron chi connectivity index (χ0n) is 10.6. The Morgan fingerprint density at radius 2 is 2.17 bits per heavy atom. The predicted molar refractivity (Wildman–Crippen MR) is 72.5 cm³/mol. The van der Waals surface area contributed by atoms with Gasteiger partial charge in [0, 0.05) is 19.5 Å². The van der Waals surface area contributed by atoms with Crippen LogP contribution in [0.2, 0.25) is 0 Å². The molecule has 1 N–H and O–H groups in total. The van der Waals surface area contributed by atoms with Crippen molar-refractivity contribution in [1.82, 2.24) is 10.2 Å². The molecule has 0 aromatic carbocycles. The van der Waals surface area contributed by atoms with E-state index in [-0.39, 0.29) is 17.9 Å². The van der Waals surface area contributed by atoms with Gasteiger partial charge >= 0.3 is 0 Å². The van der Waals surface area contributed by atoms with Crippen LogP contribution in [-0.4, -0.2) is 46.8 Å². The van der Waals surface area contributed by atoms with Gasteiger partial charge in [-0.2, -0.15) is 0 Å². The van der Waals surface area contributed by atoms with Gasteiger partial charge in [0.25, 0.3) is 0 Å². The summed E-state index contributed by atoms with van der Waals surface area (Å²) in [5, 5.41) is 3.30. The number of aliphatic imine (C=N–C) groups is 1. The van der Waals surface area contributed by atoms with Crippen LogP contribution in [0.4, 0.5) is 0 Å². The molecule has 0 bridgehead atoms. The van der Waals surface area contributed by atoms with E-state index < -0.39 is 0 Å². The van der Waals surface area contributed by atoms with Crippen LogP contribution in [-0.2, 0) is 9.59 Å². The van der Waals surface area contributed by atoms with Gasteiger partial charge < -0.3 is 10.2 Å². The Balaban J connectivity index is 1.80. The molecule has 0 unspecified atom stereocenters. The van der Waals surface area contributed by atoms with Crippen LogP contribution < -0.4 is 5.32 Å². The summed E-state index contributed by atoms with van der Waals surface area (Å²) in [5.41, 5.74) is 0. The van der Waals surface area contributed by atoms with Crippen molar-refractivity contribution in [2.75, 3.05) is 18.8 Å². The lowest BCUT2D eigenvalue weighted by atomic mass is 10.1. The van der Waals surface area contributed by atoms with Crippen molar-refractivity contribution in [3.63, 3.8) is 0 Å². The molecule has 0 radical (unpaired) electrons. The zero-order chi connectivity index (χ0) is 13.0. The number of nitrogens with one attached hydrogen (secondary N) is 1. The molecule has 2 aliphatic heterocycles. The second kappa shape index (κ2) is 6.22. The smallest absolute Gasteiger partial charge is 0.233 e. The van der Waals surface area contributed by atoms with Crippen molar-refractivity contribution in [2.45, 2.75) is 38.6 Å². The fraction of sp³-hybridized carbons (Fsp3) is 0.750. The summed E-state index contributed by atoms with van der Waals surface area (Å²) in [6, 6.07) is 0.0198. The Labute approximate surface area is 111 Å². The van der Waals surface area contributed by atoms with Gasteiger partial charge in [0.05, 0.1) is 11.8 Å². The average Bonchev–Trinajstić information content (AvgIpc) is 2.36. The Hall–Kier alpha value is -1.04. The van der Waals surface area contributed by atoms with E-state index in [0.717, 1.165) is 25.9 Å². The van der Waals surface area contributed by atoms with Crippen LogP contribution in [0.1, 0.15) is 32.6 Å². The Morgan fingerprint density at radius 3 is 2.83 bits per heavy atom. The van der Waals surface area contributed by atoms with Crippen molar-refractivity contribution in [2.24, 2.45) is 4.99 Å². The number of hydrogen-bond donors (Lipinski definition) is 1. The summed E-state index contributed by atoms with van der Waals surface area (Å²) in [4.78, 5) is 29.5. The van der Waals surface area contributed by atoms with Crippen LogP contribution in [0.25, 0.3) is 0 Å². The first kappa shape index (κ1) is 13.4. The molecule has 0 spiro atoms. The largest absolute Gasteiger partial charge is 0.342 e. The minimum Gasteiger partial charge on any atom is -0.342 e. The maximum Gasteiger partial charge on any atom is 0.233 e. The van der Waals surface area contributed by atoms with Crippen LogP contribution in [0.5, 0.6) is 0 Å². The van der Waals surface area contributed by atoms with Crippen molar-refractivity contribution >= 4 is 28.7 Å². The van der Waals surface area contributed by atoms with Crippen LogP contribution >= 0.6 is 11.8 Å². The fourth-order valence-electron chi connectivity index (χ4n) is 2.15. The first-order valence-electron chi connectivity index (χ1n) is 6.43. The summed E-state index contributed by atoms with van der Waals surface area (Å²) in [6.45, 7) is 3.65. The standard InChI is InChI=1S/C12H19N3O2S/c1-9-7-10(16)14-12(13-9)18-8-11(17)15-5-3-2-4-6-15/h9H,2-8H2,1H3,(H,13,14,16)/t9-/m1/s1. The lowest BCUT2D eigenvalue weighted by molar-refractivity contribution is -0.129. The lowest BCUT2D eigenvalue weighted by Crippen LogP contribution is -2.39. The van der Waals surface area contributed by atoms with E-state index in [0.29, 0.717) is 17.3 Å². The maximum absolute atomic E-state index is 11.9. The molecule has 100 valence electrons. The van der Waals surface area contributed by atoms with Gasteiger partial charge in [-0.1, -0.05) is 11.8 Å². The molecular formula is C12H19N3O2S. The molecule has 2 heterocycles. The summed E-state index contributed by atoms with van der Waals surface area (Å²) < 4.78 is 0. The SMILES string of the molecule is C[C@@H]1CC(=O)NC(SCC(=O)N2CCCCC2)=N1. The third kappa shape index (κ3) is 3.73. The normalized spacial score (nSPS) is 24.5. The summed E-state index contributed by atoms with van der Waals surface area (Å²) in [6.07, 6.45) is 3.86. The molecule has 0 saturated carbocycles. The Bertz CT molecular complexity index is 364. The number of amidine groups is 1. The van der Waals surface area contributed by atoms with E-state index in [4.69, 9.17) is 0 Å². The molecule has 18 heavy (non-hydrogen) atoms. The second-order valence-corrected chi connectivity index (χ2v) is 5.73. The molecule has 1 saturated heterocycles. The number of thioether (sulfide) groups is 1. The molecule has 0 aliphatic carbocycles. The van der Waals surface area contributed by atoms with E-state index >= 15 is 0 Å². The molecule has 2 aliphatic rings. The van der Waals surface area contributed by atoms with Crippen molar-refractivity contribution in [1.29, 1.82) is 0 Å². The van der Waals surface area contributed by atoms with E-state index in [1.807, 2.05) is 11.8 Å². The third-order valence-electron chi connectivity index (χ3n) is 3.11. The van der Waals surface area contributed by atoms with Crippen molar-refractivity contribution in [3.8, 4) is 0 Å². The first-order valence-corrected chi connectivity index (χ1v) is 7.42. The average molecular weight is 269 g/mol. The number of nitrogens with zero attached hydrogens (tertiary/aromatic N) is 2. The minimum atomic E-state index is -0.00887. The quantitative estimate of drug-likeness (QED) is 0.813. The lowest BCUT2D eigenvalue weighted by Gasteiger charge is -2.26. The molecule has 0 aromatic rings. The summed E-state index contributed by atoms with van der Waals surface area (Å²) in [5.74, 6) is 0.506. The molecule has 1 atom stereocenters. The fourth-order valence-corrected chi connectivity index (χ4v) is 3.04. The summed E-state index contributed by atoms with van der Waals surface area (Å²) >= 11 is 1.33. The molecular weight excluding hydrogens is 250 g/mol. The van der Waals surface area contributed by atoms with E-state index in [2.05, 4.69) is 10.3 Å². The number of hydrogen-bond acceptors (Lipinski definition) is 4. The highest BCUT2D eigenvalue weighted by Gasteiger charge is 2.21. The number of piperidine rings is 1. The second-order valence-electron chi connectivity index (χ2n) is 4.77. The maximum atomic E-state index is 11.9. The van der Waals surface area contributed by atoms with Crippen LogP contribution in [0.15, 0.2) is 4.99 Å². The number of amides is 2. The third-order valence-corrected chi connectivity index (χ3v) is 3.98. The van der Waals surface area contributed by atoms with Gasteiger partial charge in [-0.25, -0.2) is 0 Å². The Morgan fingerprint density at radius 1 is 1.44 bits per heavy atom. The molecule has 6 heteroatoms. The van der Waals surface area contributed by atoms with Gasteiger partial charge in [0.15, 0.2) is 5.17 Å². The number of rotatable bonds is 2. The molecule has 2 amide bonds. The predicted octanol–water partition coefficient (Wildman–Crippen LogP) is 0.996. The van der Waals surface area contributed by atoms with Crippen LogP contribution in [0.3, 0.4) is 0 Å². The van der Waals surface area contributed by atoms with Crippen molar-refractivity contribution < 1.29 is 9.59 Å². The van der Waals surface area contributed by atoms with Crippen LogP contribution in [0, 0.1) is 0 Å². The first-order chi connectivity index (χ1) is 8.65. The molecule has 5 nitrogen and oxygen atoms in total. The van der Waals surface area contributed by atoms with Gasteiger partial charge in [-0.3, -0.25) is 14.6 Å². The van der Waals surface area contributed by atoms with Gasteiger partial charge in [0.1, 0.15) is 0 Å².